The number of benzene rings is 1. The molecule has 88 valence electrons. The highest BCUT2D eigenvalue weighted by Crippen LogP contribution is 2.23. The van der Waals surface area contributed by atoms with E-state index in [0.717, 1.165) is 16.8 Å². The lowest BCUT2D eigenvalue weighted by atomic mass is 9.99. The van der Waals surface area contributed by atoms with Crippen LogP contribution in [-0.2, 0) is 6.61 Å². The van der Waals surface area contributed by atoms with Gasteiger partial charge in [-0.1, -0.05) is 6.07 Å². The van der Waals surface area contributed by atoms with Gasteiger partial charge in [0, 0.05) is 11.8 Å². The second kappa shape index (κ2) is 4.68. The Morgan fingerprint density at radius 3 is 2.18 bits per heavy atom. The van der Waals surface area contributed by atoms with Crippen molar-refractivity contribution < 1.29 is 5.11 Å². The minimum Gasteiger partial charge on any atom is -0.392 e. The lowest BCUT2D eigenvalue weighted by molar-refractivity contribution is 0.281. The number of aliphatic hydroxyl groups is 1. The van der Waals surface area contributed by atoms with Crippen molar-refractivity contribution in [1.29, 1.82) is 0 Å². The molecule has 0 aliphatic rings. The SMILES string of the molecule is Cc1cc(-c2ccc(CO)cn2)cc(C)c1C. The third-order valence-corrected chi connectivity index (χ3v) is 3.23. The maximum Gasteiger partial charge on any atom is 0.0702 e. The maximum atomic E-state index is 8.98. The zero-order valence-corrected chi connectivity index (χ0v) is 10.5. The summed E-state index contributed by atoms with van der Waals surface area (Å²) < 4.78 is 0. The smallest absolute Gasteiger partial charge is 0.0702 e. The third kappa shape index (κ3) is 2.37. The Bertz CT molecular complexity index is 506. The van der Waals surface area contributed by atoms with E-state index in [1.165, 1.54) is 16.7 Å². The van der Waals surface area contributed by atoms with Crippen LogP contribution in [0.25, 0.3) is 11.3 Å². The predicted molar refractivity (Wildman–Crippen MR) is 69.8 cm³/mol. The Hall–Kier alpha value is -1.67. The molecule has 17 heavy (non-hydrogen) atoms. The highest BCUT2D eigenvalue weighted by molar-refractivity contribution is 5.62. The summed E-state index contributed by atoms with van der Waals surface area (Å²) in [4.78, 5) is 4.37. The number of aromatic nitrogens is 1. The fraction of sp³-hybridized carbons (Fsp3) is 0.267. The van der Waals surface area contributed by atoms with Crippen LogP contribution in [0.5, 0.6) is 0 Å². The van der Waals surface area contributed by atoms with E-state index in [9.17, 15) is 0 Å². The summed E-state index contributed by atoms with van der Waals surface area (Å²) in [6.45, 7) is 6.41. The van der Waals surface area contributed by atoms with Crippen LogP contribution in [0.2, 0.25) is 0 Å². The molecule has 1 N–H and O–H groups in total. The molecule has 0 spiro atoms. The van der Waals surface area contributed by atoms with E-state index in [0.29, 0.717) is 0 Å². The maximum absolute atomic E-state index is 8.98. The fourth-order valence-corrected chi connectivity index (χ4v) is 1.87. The van der Waals surface area contributed by atoms with Gasteiger partial charge in [-0.3, -0.25) is 4.98 Å². The molecule has 2 aromatic rings. The van der Waals surface area contributed by atoms with Crippen molar-refractivity contribution in [3.8, 4) is 11.3 Å². The first-order chi connectivity index (χ1) is 8.11. The molecule has 0 saturated heterocycles. The van der Waals surface area contributed by atoms with Crippen LogP contribution in [0.3, 0.4) is 0 Å². The standard InChI is InChI=1S/C15H17NO/c1-10-6-14(7-11(2)12(10)3)15-5-4-13(9-17)8-16-15/h4-8,17H,9H2,1-3H3. The molecule has 0 aliphatic heterocycles. The van der Waals surface area contributed by atoms with Crippen molar-refractivity contribution in [2.24, 2.45) is 0 Å². The molecule has 1 heterocycles. The van der Waals surface area contributed by atoms with Gasteiger partial charge in [-0.05, 0) is 61.2 Å². The third-order valence-electron chi connectivity index (χ3n) is 3.23. The Balaban J connectivity index is 2.45. The fourth-order valence-electron chi connectivity index (χ4n) is 1.87. The Morgan fingerprint density at radius 2 is 1.71 bits per heavy atom. The van der Waals surface area contributed by atoms with Crippen molar-refractivity contribution in [1.82, 2.24) is 4.98 Å². The van der Waals surface area contributed by atoms with E-state index in [-0.39, 0.29) is 6.61 Å². The summed E-state index contributed by atoms with van der Waals surface area (Å²) in [6.07, 6.45) is 1.72. The lowest BCUT2D eigenvalue weighted by Gasteiger charge is -2.09. The van der Waals surface area contributed by atoms with E-state index in [1.54, 1.807) is 6.20 Å². The average Bonchev–Trinajstić information content (AvgIpc) is 2.35. The minimum absolute atomic E-state index is 0.0409. The van der Waals surface area contributed by atoms with Gasteiger partial charge in [-0.2, -0.15) is 0 Å². The predicted octanol–water partition coefficient (Wildman–Crippen LogP) is 3.17. The van der Waals surface area contributed by atoms with Crippen molar-refractivity contribution in [2.75, 3.05) is 0 Å². The average molecular weight is 227 g/mol. The van der Waals surface area contributed by atoms with Gasteiger partial charge in [-0.25, -0.2) is 0 Å². The summed E-state index contributed by atoms with van der Waals surface area (Å²) >= 11 is 0. The quantitative estimate of drug-likeness (QED) is 0.854. The van der Waals surface area contributed by atoms with Crippen molar-refractivity contribution in [3.63, 3.8) is 0 Å². The van der Waals surface area contributed by atoms with Crippen LogP contribution in [0.1, 0.15) is 22.3 Å². The minimum atomic E-state index is 0.0409. The number of hydrogen-bond donors (Lipinski definition) is 1. The molecule has 0 unspecified atom stereocenters. The van der Waals surface area contributed by atoms with E-state index < -0.39 is 0 Å². The van der Waals surface area contributed by atoms with Crippen LogP contribution < -0.4 is 0 Å². The molecule has 0 saturated carbocycles. The van der Waals surface area contributed by atoms with Gasteiger partial charge in [0.25, 0.3) is 0 Å². The highest BCUT2D eigenvalue weighted by Gasteiger charge is 2.04. The van der Waals surface area contributed by atoms with Gasteiger partial charge in [-0.15, -0.1) is 0 Å². The van der Waals surface area contributed by atoms with E-state index in [1.807, 2.05) is 12.1 Å². The molecule has 0 amide bonds. The van der Waals surface area contributed by atoms with Gasteiger partial charge < -0.3 is 5.11 Å². The second-order valence-corrected chi connectivity index (χ2v) is 4.44. The van der Waals surface area contributed by atoms with Gasteiger partial charge in [0.05, 0.1) is 12.3 Å². The van der Waals surface area contributed by atoms with Crippen LogP contribution in [0.15, 0.2) is 30.5 Å². The molecule has 0 aliphatic carbocycles. The first-order valence-corrected chi connectivity index (χ1v) is 5.76. The number of nitrogens with zero attached hydrogens (tertiary/aromatic N) is 1. The van der Waals surface area contributed by atoms with Crippen LogP contribution in [-0.4, -0.2) is 10.1 Å². The zero-order chi connectivity index (χ0) is 12.4. The normalized spacial score (nSPS) is 10.6. The Morgan fingerprint density at radius 1 is 1.06 bits per heavy atom. The first-order valence-electron chi connectivity index (χ1n) is 5.76. The van der Waals surface area contributed by atoms with Crippen molar-refractivity contribution >= 4 is 0 Å². The van der Waals surface area contributed by atoms with Crippen LogP contribution in [0, 0.1) is 20.8 Å². The van der Waals surface area contributed by atoms with Gasteiger partial charge in [0.15, 0.2) is 0 Å². The molecule has 0 atom stereocenters. The molecular weight excluding hydrogens is 210 g/mol. The Labute approximate surface area is 102 Å². The van der Waals surface area contributed by atoms with Gasteiger partial charge in [0.2, 0.25) is 0 Å². The van der Waals surface area contributed by atoms with Crippen molar-refractivity contribution in [3.05, 3.63) is 52.7 Å². The number of rotatable bonds is 2. The number of hydrogen-bond acceptors (Lipinski definition) is 2. The molecule has 2 heteroatoms. The summed E-state index contributed by atoms with van der Waals surface area (Å²) in [6, 6.07) is 8.18. The molecule has 1 aromatic heterocycles. The van der Waals surface area contributed by atoms with Crippen LogP contribution >= 0.6 is 0 Å². The molecule has 1 aromatic carbocycles. The van der Waals surface area contributed by atoms with Crippen molar-refractivity contribution in [2.45, 2.75) is 27.4 Å². The van der Waals surface area contributed by atoms with Gasteiger partial charge in [0.1, 0.15) is 0 Å². The summed E-state index contributed by atoms with van der Waals surface area (Å²) in [5.41, 5.74) is 6.83. The zero-order valence-electron chi connectivity index (χ0n) is 10.5. The lowest BCUT2D eigenvalue weighted by Crippen LogP contribution is -1.91. The molecule has 0 bridgehead atoms. The summed E-state index contributed by atoms with van der Waals surface area (Å²) in [5, 5.41) is 8.98. The monoisotopic (exact) mass is 227 g/mol. The number of aliphatic hydroxyl groups excluding tert-OH is 1. The molecule has 0 fully saturated rings. The molecule has 0 radical (unpaired) electrons. The number of aryl methyl sites for hydroxylation is 2. The van der Waals surface area contributed by atoms with Gasteiger partial charge >= 0.3 is 0 Å². The highest BCUT2D eigenvalue weighted by atomic mass is 16.3. The van der Waals surface area contributed by atoms with E-state index in [2.05, 4.69) is 37.9 Å². The Kier molecular flexibility index (Phi) is 3.25. The molecular formula is C15H17NO. The summed E-state index contributed by atoms with van der Waals surface area (Å²) in [5.74, 6) is 0. The number of pyridine rings is 1. The summed E-state index contributed by atoms with van der Waals surface area (Å²) in [7, 11) is 0. The topological polar surface area (TPSA) is 33.1 Å². The van der Waals surface area contributed by atoms with E-state index >= 15 is 0 Å². The molecule has 2 nitrogen and oxygen atoms in total. The second-order valence-electron chi connectivity index (χ2n) is 4.44. The molecule has 2 rings (SSSR count). The first kappa shape index (κ1) is 11.8. The largest absolute Gasteiger partial charge is 0.392 e. The van der Waals surface area contributed by atoms with Crippen LogP contribution in [0.4, 0.5) is 0 Å². The van der Waals surface area contributed by atoms with E-state index in [4.69, 9.17) is 5.11 Å².